The standard InChI is InChI=1S/C13H15BrN2O2S/c1-17-12-3-9(11(14)4-13(12)18-2)5-15-6-10-7-16-8-19-10/h3-4,7-8,15H,5-6H2,1-2H3. The van der Waals surface area contributed by atoms with Crippen molar-refractivity contribution >= 4 is 27.3 Å². The van der Waals surface area contributed by atoms with Crippen molar-refractivity contribution in [2.45, 2.75) is 13.1 Å². The third-order valence-corrected chi connectivity index (χ3v) is 4.17. The van der Waals surface area contributed by atoms with E-state index in [1.54, 1.807) is 25.6 Å². The van der Waals surface area contributed by atoms with Crippen LogP contribution in [0.3, 0.4) is 0 Å². The van der Waals surface area contributed by atoms with E-state index in [0.717, 1.165) is 34.6 Å². The van der Waals surface area contributed by atoms with E-state index in [0.29, 0.717) is 0 Å². The van der Waals surface area contributed by atoms with E-state index < -0.39 is 0 Å². The Morgan fingerprint density at radius 3 is 2.58 bits per heavy atom. The topological polar surface area (TPSA) is 43.4 Å². The summed E-state index contributed by atoms with van der Waals surface area (Å²) in [4.78, 5) is 5.27. The molecule has 6 heteroatoms. The second-order valence-corrected chi connectivity index (χ2v) is 5.70. The highest BCUT2D eigenvalue weighted by Crippen LogP contribution is 2.33. The third-order valence-electron chi connectivity index (χ3n) is 2.65. The minimum Gasteiger partial charge on any atom is -0.493 e. The first kappa shape index (κ1) is 14.3. The zero-order chi connectivity index (χ0) is 13.7. The summed E-state index contributed by atoms with van der Waals surface area (Å²) < 4.78 is 11.6. The molecule has 0 atom stereocenters. The van der Waals surface area contributed by atoms with Crippen molar-refractivity contribution in [1.29, 1.82) is 0 Å². The number of benzene rings is 1. The summed E-state index contributed by atoms with van der Waals surface area (Å²) >= 11 is 5.19. The van der Waals surface area contributed by atoms with Gasteiger partial charge < -0.3 is 14.8 Å². The van der Waals surface area contributed by atoms with Crippen LogP contribution in [0.15, 0.2) is 28.3 Å². The number of halogens is 1. The molecule has 102 valence electrons. The van der Waals surface area contributed by atoms with Crippen molar-refractivity contribution in [3.05, 3.63) is 38.8 Å². The Labute approximate surface area is 124 Å². The van der Waals surface area contributed by atoms with Crippen LogP contribution in [-0.4, -0.2) is 19.2 Å². The van der Waals surface area contributed by atoms with Crippen molar-refractivity contribution in [2.24, 2.45) is 0 Å². The minimum atomic E-state index is 0.723. The largest absolute Gasteiger partial charge is 0.493 e. The molecule has 19 heavy (non-hydrogen) atoms. The van der Waals surface area contributed by atoms with Crippen LogP contribution >= 0.6 is 27.3 Å². The highest BCUT2D eigenvalue weighted by molar-refractivity contribution is 9.10. The van der Waals surface area contributed by atoms with Crippen molar-refractivity contribution in [3.63, 3.8) is 0 Å². The van der Waals surface area contributed by atoms with Gasteiger partial charge in [-0.05, 0) is 17.7 Å². The quantitative estimate of drug-likeness (QED) is 0.875. The molecule has 1 aromatic carbocycles. The molecule has 2 aromatic rings. The van der Waals surface area contributed by atoms with E-state index in [4.69, 9.17) is 9.47 Å². The molecule has 1 heterocycles. The fourth-order valence-electron chi connectivity index (χ4n) is 1.68. The molecule has 1 N–H and O–H groups in total. The van der Waals surface area contributed by atoms with Gasteiger partial charge in [-0.3, -0.25) is 4.98 Å². The summed E-state index contributed by atoms with van der Waals surface area (Å²) in [6.07, 6.45) is 1.88. The van der Waals surface area contributed by atoms with Gasteiger partial charge in [0.05, 0.1) is 19.7 Å². The van der Waals surface area contributed by atoms with E-state index >= 15 is 0 Å². The van der Waals surface area contributed by atoms with Crippen LogP contribution in [0.5, 0.6) is 11.5 Å². The first-order valence-corrected chi connectivity index (χ1v) is 7.40. The average Bonchev–Trinajstić information content (AvgIpc) is 2.93. The Kier molecular flexibility index (Phi) is 5.18. The predicted molar refractivity (Wildman–Crippen MR) is 79.9 cm³/mol. The molecule has 0 bridgehead atoms. The zero-order valence-corrected chi connectivity index (χ0v) is 13.2. The Bertz CT molecular complexity index is 532. The fraction of sp³-hybridized carbons (Fsp3) is 0.308. The van der Waals surface area contributed by atoms with E-state index in [-0.39, 0.29) is 0 Å². The van der Waals surface area contributed by atoms with Crippen molar-refractivity contribution in [2.75, 3.05) is 14.2 Å². The van der Waals surface area contributed by atoms with Crippen LogP contribution in [0.2, 0.25) is 0 Å². The maximum absolute atomic E-state index is 5.30. The van der Waals surface area contributed by atoms with Gasteiger partial charge in [-0.15, -0.1) is 11.3 Å². The molecule has 1 aromatic heterocycles. The molecule has 0 aliphatic heterocycles. The smallest absolute Gasteiger partial charge is 0.161 e. The van der Waals surface area contributed by atoms with Gasteiger partial charge in [-0.25, -0.2) is 0 Å². The van der Waals surface area contributed by atoms with Crippen LogP contribution in [-0.2, 0) is 13.1 Å². The number of rotatable bonds is 6. The molecule has 0 unspecified atom stereocenters. The lowest BCUT2D eigenvalue weighted by atomic mass is 10.2. The van der Waals surface area contributed by atoms with Gasteiger partial charge in [0.25, 0.3) is 0 Å². The number of ether oxygens (including phenoxy) is 2. The van der Waals surface area contributed by atoms with Crippen LogP contribution < -0.4 is 14.8 Å². The Balaban J connectivity index is 2.03. The van der Waals surface area contributed by atoms with Crippen LogP contribution in [0.1, 0.15) is 10.4 Å². The first-order chi connectivity index (χ1) is 9.24. The van der Waals surface area contributed by atoms with Crippen LogP contribution in [0.4, 0.5) is 0 Å². The lowest BCUT2D eigenvalue weighted by Crippen LogP contribution is -2.12. The Morgan fingerprint density at radius 1 is 1.21 bits per heavy atom. The summed E-state index contributed by atoms with van der Waals surface area (Å²) in [6.45, 7) is 1.56. The second-order valence-electron chi connectivity index (χ2n) is 3.87. The predicted octanol–water partition coefficient (Wildman–Crippen LogP) is 3.21. The summed E-state index contributed by atoms with van der Waals surface area (Å²) in [7, 11) is 3.27. The molecule has 0 saturated heterocycles. The molecule has 0 fully saturated rings. The lowest BCUT2D eigenvalue weighted by Gasteiger charge is -2.12. The molecule has 0 radical (unpaired) electrons. The summed E-state index contributed by atoms with van der Waals surface area (Å²) in [5, 5.41) is 3.38. The maximum atomic E-state index is 5.30. The first-order valence-electron chi connectivity index (χ1n) is 5.73. The van der Waals surface area contributed by atoms with Gasteiger partial charge in [0.15, 0.2) is 11.5 Å². The van der Waals surface area contributed by atoms with E-state index in [2.05, 4.69) is 26.2 Å². The molecule has 0 amide bonds. The number of aromatic nitrogens is 1. The Morgan fingerprint density at radius 2 is 1.95 bits per heavy atom. The third kappa shape index (κ3) is 3.68. The molecular formula is C13H15BrN2O2S. The highest BCUT2D eigenvalue weighted by atomic mass is 79.9. The number of nitrogens with one attached hydrogen (secondary N) is 1. The van der Waals surface area contributed by atoms with E-state index in [1.165, 1.54) is 4.88 Å². The number of thiazole rings is 1. The lowest BCUT2D eigenvalue weighted by molar-refractivity contribution is 0.354. The summed E-state index contributed by atoms with van der Waals surface area (Å²) in [5.41, 5.74) is 2.96. The number of hydrogen-bond acceptors (Lipinski definition) is 5. The van der Waals surface area contributed by atoms with Crippen molar-refractivity contribution in [3.8, 4) is 11.5 Å². The van der Waals surface area contributed by atoms with Gasteiger partial charge in [0.2, 0.25) is 0 Å². The minimum absolute atomic E-state index is 0.723. The van der Waals surface area contributed by atoms with E-state index in [1.807, 2.05) is 23.8 Å². The molecular weight excluding hydrogens is 328 g/mol. The molecule has 0 spiro atoms. The number of hydrogen-bond donors (Lipinski definition) is 1. The SMILES string of the molecule is COc1cc(Br)c(CNCc2cncs2)cc1OC. The fourth-order valence-corrected chi connectivity index (χ4v) is 2.71. The maximum Gasteiger partial charge on any atom is 0.161 e. The molecule has 4 nitrogen and oxygen atoms in total. The van der Waals surface area contributed by atoms with Crippen molar-refractivity contribution in [1.82, 2.24) is 10.3 Å². The van der Waals surface area contributed by atoms with Gasteiger partial charge in [0.1, 0.15) is 0 Å². The molecule has 0 aliphatic rings. The zero-order valence-electron chi connectivity index (χ0n) is 10.8. The van der Waals surface area contributed by atoms with Crippen LogP contribution in [0.25, 0.3) is 0 Å². The highest BCUT2D eigenvalue weighted by Gasteiger charge is 2.09. The number of methoxy groups -OCH3 is 2. The Hall–Kier alpha value is -1.11. The molecule has 0 aliphatic carbocycles. The monoisotopic (exact) mass is 342 g/mol. The second kappa shape index (κ2) is 6.88. The van der Waals surface area contributed by atoms with Gasteiger partial charge in [-0.1, -0.05) is 15.9 Å². The van der Waals surface area contributed by atoms with Crippen LogP contribution in [0, 0.1) is 0 Å². The molecule has 0 saturated carbocycles. The molecule has 2 rings (SSSR count). The van der Waals surface area contributed by atoms with Gasteiger partial charge in [-0.2, -0.15) is 0 Å². The number of nitrogens with zero attached hydrogens (tertiary/aromatic N) is 1. The average molecular weight is 343 g/mol. The van der Waals surface area contributed by atoms with Gasteiger partial charge >= 0.3 is 0 Å². The van der Waals surface area contributed by atoms with E-state index in [9.17, 15) is 0 Å². The van der Waals surface area contributed by atoms with Crippen molar-refractivity contribution < 1.29 is 9.47 Å². The summed E-state index contributed by atoms with van der Waals surface area (Å²) in [5.74, 6) is 1.46. The normalized spacial score (nSPS) is 10.5. The van der Waals surface area contributed by atoms with Gasteiger partial charge in [0, 0.05) is 28.6 Å². The summed E-state index contributed by atoms with van der Waals surface area (Å²) in [6, 6.07) is 3.89.